The van der Waals surface area contributed by atoms with Crippen molar-refractivity contribution in [2.24, 2.45) is 0 Å². The molecule has 0 bridgehead atoms. The number of aliphatic hydroxyl groups is 1. The largest absolute Gasteiger partial charge is 0.393 e. The summed E-state index contributed by atoms with van der Waals surface area (Å²) in [5.74, 6) is 0. The van der Waals surface area contributed by atoms with Crippen molar-refractivity contribution in [1.29, 1.82) is 0 Å². The van der Waals surface area contributed by atoms with Crippen LogP contribution in [0.1, 0.15) is 33.6 Å². The predicted molar refractivity (Wildman–Crippen MR) is 85.4 cm³/mol. The number of carbonyl (C=O) groups excluding carboxylic acids is 1. The van der Waals surface area contributed by atoms with Crippen molar-refractivity contribution in [3.8, 4) is 0 Å². The zero-order chi connectivity index (χ0) is 15.0. The molecule has 0 saturated carbocycles. The summed E-state index contributed by atoms with van der Waals surface area (Å²) in [5.41, 5.74) is 0.819. The second-order valence-electron chi connectivity index (χ2n) is 4.89. The summed E-state index contributed by atoms with van der Waals surface area (Å²) in [6, 6.07) is 7.53. The average molecular weight is 296 g/mol. The Labute approximate surface area is 125 Å². The van der Waals surface area contributed by atoms with Crippen molar-refractivity contribution in [1.82, 2.24) is 5.32 Å². The smallest absolute Gasteiger partial charge is 0.319 e. The molecule has 0 aliphatic carbocycles. The second-order valence-corrected chi connectivity index (χ2v) is 6.51. The van der Waals surface area contributed by atoms with E-state index in [0.717, 1.165) is 10.6 Å². The van der Waals surface area contributed by atoms with Gasteiger partial charge in [0.1, 0.15) is 0 Å². The van der Waals surface area contributed by atoms with Gasteiger partial charge in [-0.3, -0.25) is 0 Å². The highest BCUT2D eigenvalue weighted by molar-refractivity contribution is 8.00. The molecule has 5 heteroatoms. The lowest BCUT2D eigenvalue weighted by molar-refractivity contribution is 0.160. The number of urea groups is 1. The molecule has 0 saturated heterocycles. The van der Waals surface area contributed by atoms with Gasteiger partial charge in [-0.05, 0) is 25.0 Å². The van der Waals surface area contributed by atoms with Crippen molar-refractivity contribution in [3.63, 3.8) is 0 Å². The molecule has 4 nitrogen and oxygen atoms in total. The van der Waals surface area contributed by atoms with Gasteiger partial charge in [-0.2, -0.15) is 0 Å². The molecular formula is C15H24N2O2S. The van der Waals surface area contributed by atoms with Gasteiger partial charge in [0.15, 0.2) is 0 Å². The molecule has 1 atom stereocenters. The van der Waals surface area contributed by atoms with E-state index in [4.69, 9.17) is 0 Å². The number of para-hydroxylation sites is 1. The van der Waals surface area contributed by atoms with Gasteiger partial charge in [-0.25, -0.2) is 4.79 Å². The highest BCUT2D eigenvalue weighted by Crippen LogP contribution is 2.29. The van der Waals surface area contributed by atoms with Crippen molar-refractivity contribution >= 4 is 23.5 Å². The number of benzene rings is 1. The molecule has 3 N–H and O–H groups in total. The Morgan fingerprint density at radius 1 is 1.35 bits per heavy atom. The fraction of sp³-hybridized carbons (Fsp3) is 0.533. The van der Waals surface area contributed by atoms with Gasteiger partial charge in [0, 0.05) is 16.7 Å². The molecule has 0 fully saturated rings. The molecule has 1 rings (SSSR count). The molecule has 0 spiro atoms. The van der Waals surface area contributed by atoms with Crippen LogP contribution in [0.3, 0.4) is 0 Å². The third kappa shape index (κ3) is 6.30. The molecule has 0 heterocycles. The van der Waals surface area contributed by atoms with Crippen LogP contribution in [0.2, 0.25) is 0 Å². The maximum absolute atomic E-state index is 11.8. The Morgan fingerprint density at radius 3 is 2.70 bits per heavy atom. The van der Waals surface area contributed by atoms with Crippen LogP contribution in [0.4, 0.5) is 10.5 Å². The van der Waals surface area contributed by atoms with Crippen LogP contribution in [0, 0.1) is 0 Å². The van der Waals surface area contributed by atoms with Crippen LogP contribution < -0.4 is 10.6 Å². The van der Waals surface area contributed by atoms with Crippen LogP contribution >= 0.6 is 11.8 Å². The van der Waals surface area contributed by atoms with E-state index in [0.29, 0.717) is 24.6 Å². The SMILES string of the molecule is CCC(O)CCNC(=O)Nc1ccccc1SC(C)C. The van der Waals surface area contributed by atoms with E-state index in [9.17, 15) is 9.90 Å². The molecule has 112 valence electrons. The quantitative estimate of drug-likeness (QED) is 0.675. The normalized spacial score (nSPS) is 12.2. The van der Waals surface area contributed by atoms with Gasteiger partial charge >= 0.3 is 6.03 Å². The predicted octanol–water partition coefficient (Wildman–Crippen LogP) is 3.47. The van der Waals surface area contributed by atoms with Crippen LogP contribution in [-0.4, -0.2) is 29.0 Å². The van der Waals surface area contributed by atoms with Crippen molar-refractivity contribution < 1.29 is 9.90 Å². The van der Waals surface area contributed by atoms with Crippen LogP contribution in [-0.2, 0) is 0 Å². The van der Waals surface area contributed by atoms with E-state index in [1.165, 1.54) is 0 Å². The lowest BCUT2D eigenvalue weighted by atomic mass is 10.2. The molecule has 2 amide bonds. The number of amides is 2. The van der Waals surface area contributed by atoms with E-state index >= 15 is 0 Å². The Hall–Kier alpha value is -1.20. The van der Waals surface area contributed by atoms with Crippen molar-refractivity contribution in [2.45, 2.75) is 49.9 Å². The molecule has 1 aromatic carbocycles. The standard InChI is InChI=1S/C15H24N2O2S/c1-4-12(18)9-10-16-15(19)17-13-7-5-6-8-14(13)20-11(2)3/h5-8,11-12,18H,4,9-10H2,1-3H3,(H2,16,17,19). The van der Waals surface area contributed by atoms with Crippen molar-refractivity contribution in [3.05, 3.63) is 24.3 Å². The number of carbonyl (C=O) groups is 1. The van der Waals surface area contributed by atoms with Gasteiger partial charge in [-0.15, -0.1) is 11.8 Å². The zero-order valence-electron chi connectivity index (χ0n) is 12.3. The number of anilines is 1. The Balaban J connectivity index is 2.49. The monoisotopic (exact) mass is 296 g/mol. The molecule has 0 radical (unpaired) electrons. The van der Waals surface area contributed by atoms with E-state index < -0.39 is 0 Å². The number of rotatable bonds is 7. The number of hydrogen-bond donors (Lipinski definition) is 3. The molecule has 0 aromatic heterocycles. The first-order valence-electron chi connectivity index (χ1n) is 7.01. The Bertz CT molecular complexity index is 424. The van der Waals surface area contributed by atoms with Gasteiger partial charge < -0.3 is 15.7 Å². The third-order valence-corrected chi connectivity index (χ3v) is 3.81. The summed E-state index contributed by atoms with van der Waals surface area (Å²) in [6.45, 7) is 6.63. The number of aliphatic hydroxyl groups excluding tert-OH is 1. The average Bonchev–Trinajstić information content (AvgIpc) is 2.40. The number of thioether (sulfide) groups is 1. The van der Waals surface area contributed by atoms with Crippen LogP contribution in [0.5, 0.6) is 0 Å². The third-order valence-electron chi connectivity index (χ3n) is 2.73. The lowest BCUT2D eigenvalue weighted by Crippen LogP contribution is -2.31. The molecular weight excluding hydrogens is 272 g/mol. The van der Waals surface area contributed by atoms with Gasteiger partial charge in [0.25, 0.3) is 0 Å². The van der Waals surface area contributed by atoms with Gasteiger partial charge in [-0.1, -0.05) is 32.9 Å². The second kappa shape index (κ2) is 8.87. The highest BCUT2D eigenvalue weighted by atomic mass is 32.2. The zero-order valence-corrected chi connectivity index (χ0v) is 13.2. The summed E-state index contributed by atoms with van der Waals surface area (Å²) in [6.07, 6.45) is 0.933. The van der Waals surface area contributed by atoms with Crippen LogP contribution in [0.25, 0.3) is 0 Å². The molecule has 1 unspecified atom stereocenters. The Kier molecular flexibility index (Phi) is 7.47. The highest BCUT2D eigenvalue weighted by Gasteiger charge is 2.08. The van der Waals surface area contributed by atoms with Crippen LogP contribution in [0.15, 0.2) is 29.2 Å². The lowest BCUT2D eigenvalue weighted by Gasteiger charge is -2.13. The van der Waals surface area contributed by atoms with E-state index in [-0.39, 0.29) is 12.1 Å². The topological polar surface area (TPSA) is 61.4 Å². The molecule has 0 aliphatic rings. The van der Waals surface area contributed by atoms with E-state index in [1.807, 2.05) is 31.2 Å². The van der Waals surface area contributed by atoms with Gasteiger partial charge in [0.2, 0.25) is 0 Å². The number of hydrogen-bond acceptors (Lipinski definition) is 3. The summed E-state index contributed by atoms with van der Waals surface area (Å²) in [7, 11) is 0. The molecule has 20 heavy (non-hydrogen) atoms. The van der Waals surface area contributed by atoms with E-state index in [1.54, 1.807) is 11.8 Å². The Morgan fingerprint density at radius 2 is 2.05 bits per heavy atom. The van der Waals surface area contributed by atoms with Crippen molar-refractivity contribution in [2.75, 3.05) is 11.9 Å². The minimum absolute atomic E-state index is 0.231. The first-order valence-corrected chi connectivity index (χ1v) is 7.89. The molecule has 0 aliphatic heterocycles. The fourth-order valence-electron chi connectivity index (χ4n) is 1.65. The summed E-state index contributed by atoms with van der Waals surface area (Å²) in [5, 5.41) is 15.5. The van der Waals surface area contributed by atoms with Gasteiger partial charge in [0.05, 0.1) is 11.8 Å². The minimum Gasteiger partial charge on any atom is -0.393 e. The summed E-state index contributed by atoms with van der Waals surface area (Å²) >= 11 is 1.72. The van der Waals surface area contributed by atoms with E-state index in [2.05, 4.69) is 24.5 Å². The maximum Gasteiger partial charge on any atom is 0.319 e. The maximum atomic E-state index is 11.8. The summed E-state index contributed by atoms with van der Waals surface area (Å²) in [4.78, 5) is 12.9. The number of nitrogens with one attached hydrogen (secondary N) is 2. The first kappa shape index (κ1) is 16.9. The first-order chi connectivity index (χ1) is 9.52. The fourth-order valence-corrected chi connectivity index (χ4v) is 2.56. The molecule has 1 aromatic rings. The summed E-state index contributed by atoms with van der Waals surface area (Å²) < 4.78 is 0. The minimum atomic E-state index is -0.348.